The van der Waals surface area contributed by atoms with E-state index in [2.05, 4.69) is 123 Å². The number of carboxylic acid groups (broad SMARTS) is 1. The summed E-state index contributed by atoms with van der Waals surface area (Å²) < 4.78 is 17.3. The number of esters is 2. The van der Waals surface area contributed by atoms with Crippen molar-refractivity contribution in [3.63, 3.8) is 0 Å². The molecule has 0 amide bonds. The van der Waals surface area contributed by atoms with Crippen molar-refractivity contribution in [2.24, 2.45) is 0 Å². The number of rotatable bonds is 44. The highest BCUT2D eigenvalue weighted by Gasteiger charge is 2.31. The molecule has 0 fully saturated rings. The van der Waals surface area contributed by atoms with Crippen LogP contribution in [0.5, 0.6) is 0 Å². The predicted octanol–water partition coefficient (Wildman–Crippen LogP) is 14.8. The van der Waals surface area contributed by atoms with Gasteiger partial charge in [-0.3, -0.25) is 9.59 Å². The molecule has 0 saturated carbocycles. The van der Waals surface area contributed by atoms with Gasteiger partial charge < -0.3 is 23.8 Å². The van der Waals surface area contributed by atoms with Crippen molar-refractivity contribution in [3.05, 3.63) is 109 Å². The van der Waals surface area contributed by atoms with Crippen LogP contribution in [0, 0.1) is 0 Å². The highest BCUT2D eigenvalue weighted by molar-refractivity contribution is 5.72. The molecule has 8 heteroatoms. The molecule has 0 saturated heterocycles. The summed E-state index contributed by atoms with van der Waals surface area (Å²) in [6, 6.07) is -0.632. The smallest absolute Gasteiger partial charge is 0.362 e. The molecule has 65 heavy (non-hydrogen) atoms. The summed E-state index contributed by atoms with van der Waals surface area (Å²) in [5.41, 5.74) is 0. The standard InChI is InChI=1S/C57H93NO7/c1-6-8-10-12-14-16-18-20-22-24-26-28-30-32-34-36-38-40-42-44-46-48-56(60)65-53(51-63-50-49-54(57(61)62)58(3,4)5)52-64-55(59)47-45-43-41-39-37-35-33-31-29-27-25-23-21-19-17-15-13-11-9-7-2/h9,11,14-17,20-23,26-29,32,34,38,40,53-54H,6-8,10,12-13,18-19,24-25,30-31,33,35-37,39,41-52H2,1-5H3/p+1/b11-9+,16-14+,17-15+,22-20+,23-21+,28-26+,29-27+,34-32+,40-38+. The van der Waals surface area contributed by atoms with Crippen molar-refractivity contribution in [2.45, 2.75) is 193 Å². The Morgan fingerprint density at radius 3 is 1.31 bits per heavy atom. The maximum atomic E-state index is 12.8. The monoisotopic (exact) mass is 905 g/mol. The van der Waals surface area contributed by atoms with Gasteiger partial charge in [0.1, 0.15) is 6.61 Å². The molecule has 2 unspecified atom stereocenters. The lowest BCUT2D eigenvalue weighted by Gasteiger charge is -2.31. The Bertz CT molecular complexity index is 1420. The molecular weight excluding hydrogens is 811 g/mol. The quantitative estimate of drug-likeness (QED) is 0.0281. The zero-order valence-corrected chi connectivity index (χ0v) is 41.9. The van der Waals surface area contributed by atoms with Crippen LogP contribution in [0.4, 0.5) is 0 Å². The average Bonchev–Trinajstić information content (AvgIpc) is 3.27. The van der Waals surface area contributed by atoms with Crippen LogP contribution in [0.25, 0.3) is 0 Å². The van der Waals surface area contributed by atoms with Crippen LogP contribution in [0.15, 0.2) is 109 Å². The van der Waals surface area contributed by atoms with Crippen LogP contribution in [-0.4, -0.2) is 80.6 Å². The lowest BCUT2D eigenvalue weighted by Crippen LogP contribution is -2.50. The number of allylic oxidation sites excluding steroid dienone is 18. The van der Waals surface area contributed by atoms with Crippen molar-refractivity contribution < 1.29 is 38.2 Å². The van der Waals surface area contributed by atoms with Gasteiger partial charge in [-0.1, -0.05) is 168 Å². The minimum atomic E-state index is -0.888. The van der Waals surface area contributed by atoms with Gasteiger partial charge in [0, 0.05) is 19.3 Å². The van der Waals surface area contributed by atoms with Gasteiger partial charge >= 0.3 is 17.9 Å². The van der Waals surface area contributed by atoms with E-state index in [4.69, 9.17) is 14.2 Å². The summed E-state index contributed by atoms with van der Waals surface area (Å²) >= 11 is 0. The lowest BCUT2D eigenvalue weighted by molar-refractivity contribution is -0.887. The number of ether oxygens (including phenoxy) is 3. The minimum absolute atomic E-state index is 0.0327. The second-order valence-electron chi connectivity index (χ2n) is 17.7. The third kappa shape index (κ3) is 45.0. The Morgan fingerprint density at radius 1 is 0.477 bits per heavy atom. The molecule has 0 aromatic rings. The summed E-state index contributed by atoms with van der Waals surface area (Å²) in [4.78, 5) is 37.2. The van der Waals surface area contributed by atoms with Crippen LogP contribution in [0.2, 0.25) is 0 Å². The average molecular weight is 905 g/mol. The molecule has 0 aromatic heterocycles. The predicted molar refractivity (Wildman–Crippen MR) is 275 cm³/mol. The SMILES string of the molecule is CC/C=C/C/C=C/C/C=C/C/C=C/CCCCCCCCCC(=O)OCC(COCCC(C(=O)O)[N+](C)(C)C)OC(=O)CCCC/C=C/C/C=C/C/C=C/C/C=C/C/C=C/CCCCC. The molecule has 0 bridgehead atoms. The molecule has 0 spiro atoms. The van der Waals surface area contributed by atoms with Gasteiger partial charge in [-0.2, -0.15) is 0 Å². The maximum absolute atomic E-state index is 12.8. The number of nitrogens with zero attached hydrogens (tertiary/aromatic N) is 1. The first-order valence-electron chi connectivity index (χ1n) is 25.4. The number of aliphatic carboxylic acids is 1. The van der Waals surface area contributed by atoms with Gasteiger partial charge in [0.15, 0.2) is 12.1 Å². The Balaban J connectivity index is 4.39. The molecule has 0 aliphatic heterocycles. The molecule has 1 N–H and O–H groups in total. The zero-order valence-electron chi connectivity index (χ0n) is 41.9. The van der Waals surface area contributed by atoms with Crippen molar-refractivity contribution in [1.82, 2.24) is 0 Å². The lowest BCUT2D eigenvalue weighted by atomic mass is 10.1. The van der Waals surface area contributed by atoms with Gasteiger partial charge in [0.05, 0.1) is 34.4 Å². The fourth-order valence-electron chi connectivity index (χ4n) is 6.75. The molecule has 0 rings (SSSR count). The maximum Gasteiger partial charge on any atom is 0.362 e. The third-order valence-corrected chi connectivity index (χ3v) is 10.7. The van der Waals surface area contributed by atoms with E-state index in [9.17, 15) is 19.5 Å². The van der Waals surface area contributed by atoms with Gasteiger partial charge in [-0.05, 0) is 103 Å². The highest BCUT2D eigenvalue weighted by atomic mass is 16.6. The normalized spacial score (nSPS) is 13.8. The van der Waals surface area contributed by atoms with E-state index in [1.165, 1.54) is 44.9 Å². The minimum Gasteiger partial charge on any atom is -0.477 e. The van der Waals surface area contributed by atoms with E-state index in [0.717, 1.165) is 96.3 Å². The van der Waals surface area contributed by atoms with Gasteiger partial charge in [0.2, 0.25) is 0 Å². The first kappa shape index (κ1) is 61.0. The number of carboxylic acids is 1. The Morgan fingerprint density at radius 2 is 0.862 bits per heavy atom. The summed E-state index contributed by atoms with van der Waals surface area (Å²) in [7, 11) is 5.50. The Hall–Kier alpha value is -4.01. The molecular formula is C57H94NO7+. The number of hydrogen-bond donors (Lipinski definition) is 1. The molecule has 8 nitrogen and oxygen atoms in total. The number of likely N-dealkylation sites (N-methyl/N-ethyl adjacent to an activating group) is 1. The largest absolute Gasteiger partial charge is 0.477 e. The van der Waals surface area contributed by atoms with Crippen molar-refractivity contribution in [1.29, 1.82) is 0 Å². The summed E-state index contributed by atoms with van der Waals surface area (Å²) in [5.74, 6) is -1.55. The summed E-state index contributed by atoms with van der Waals surface area (Å²) in [6.07, 6.45) is 64.2. The van der Waals surface area contributed by atoms with E-state index in [-0.39, 0.29) is 42.7 Å². The van der Waals surface area contributed by atoms with Crippen LogP contribution < -0.4 is 0 Å². The molecule has 0 heterocycles. The zero-order chi connectivity index (χ0) is 47.7. The van der Waals surface area contributed by atoms with E-state index in [1.807, 2.05) is 21.1 Å². The van der Waals surface area contributed by atoms with Gasteiger partial charge in [-0.15, -0.1) is 0 Å². The van der Waals surface area contributed by atoms with E-state index in [0.29, 0.717) is 19.3 Å². The fourth-order valence-corrected chi connectivity index (χ4v) is 6.75. The molecule has 0 aromatic carbocycles. The van der Waals surface area contributed by atoms with Gasteiger partial charge in [-0.25, -0.2) is 4.79 Å². The molecule has 0 aliphatic rings. The topological polar surface area (TPSA) is 99.1 Å². The van der Waals surface area contributed by atoms with E-state index >= 15 is 0 Å². The fraction of sp³-hybridized carbons (Fsp3) is 0.632. The second-order valence-corrected chi connectivity index (χ2v) is 17.7. The van der Waals surface area contributed by atoms with Gasteiger partial charge in [0.25, 0.3) is 0 Å². The van der Waals surface area contributed by atoms with Crippen molar-refractivity contribution in [3.8, 4) is 0 Å². The van der Waals surface area contributed by atoms with E-state index < -0.39 is 18.1 Å². The number of carbonyl (C=O) groups is 3. The number of carbonyl (C=O) groups excluding carboxylic acids is 2. The van der Waals surface area contributed by atoms with Crippen LogP contribution >= 0.6 is 0 Å². The number of hydrogen-bond acceptors (Lipinski definition) is 6. The highest BCUT2D eigenvalue weighted by Crippen LogP contribution is 2.13. The van der Waals surface area contributed by atoms with Crippen molar-refractivity contribution in [2.75, 3.05) is 41.0 Å². The molecule has 2 atom stereocenters. The van der Waals surface area contributed by atoms with E-state index in [1.54, 1.807) is 0 Å². The Labute approximate surface area is 398 Å². The number of unbranched alkanes of at least 4 members (excludes halogenated alkanes) is 12. The Kier molecular flexibility index (Phi) is 43.6. The molecule has 0 aliphatic carbocycles. The molecule has 0 radical (unpaired) electrons. The first-order chi connectivity index (χ1) is 31.6. The number of quaternary nitrogens is 1. The molecule has 368 valence electrons. The second kappa shape index (κ2) is 46.5. The summed E-state index contributed by atoms with van der Waals surface area (Å²) in [6.45, 7) is 4.53. The summed E-state index contributed by atoms with van der Waals surface area (Å²) in [5, 5.41) is 9.65. The third-order valence-electron chi connectivity index (χ3n) is 10.7. The van der Waals surface area contributed by atoms with Crippen LogP contribution in [-0.2, 0) is 28.6 Å². The van der Waals surface area contributed by atoms with Crippen LogP contribution in [0.1, 0.15) is 181 Å². The van der Waals surface area contributed by atoms with Crippen molar-refractivity contribution >= 4 is 17.9 Å². The van der Waals surface area contributed by atoms with Crippen LogP contribution in [0.3, 0.4) is 0 Å². The first-order valence-corrected chi connectivity index (χ1v) is 25.4.